The van der Waals surface area contributed by atoms with E-state index in [2.05, 4.69) is 29.8 Å². The van der Waals surface area contributed by atoms with Crippen molar-refractivity contribution >= 4 is 16.9 Å². The highest BCUT2D eigenvalue weighted by Crippen LogP contribution is 2.21. The summed E-state index contributed by atoms with van der Waals surface area (Å²) in [6.07, 6.45) is 0.668. The summed E-state index contributed by atoms with van der Waals surface area (Å²) in [5, 5.41) is 2.90. The molecule has 1 amide bonds. The zero-order chi connectivity index (χ0) is 19.9. The molecular formula is C22H27N3O3. The number of aromatic nitrogens is 2. The molecule has 6 nitrogen and oxygen atoms in total. The van der Waals surface area contributed by atoms with Crippen LogP contribution in [0.25, 0.3) is 11.0 Å². The van der Waals surface area contributed by atoms with Crippen LogP contribution in [0.3, 0.4) is 0 Å². The quantitative estimate of drug-likeness (QED) is 0.613. The van der Waals surface area contributed by atoms with E-state index in [1.165, 1.54) is 0 Å². The average Bonchev–Trinajstić information content (AvgIpc) is 3.06. The van der Waals surface area contributed by atoms with E-state index in [0.717, 1.165) is 22.6 Å². The third-order valence-electron chi connectivity index (χ3n) is 4.36. The number of benzene rings is 2. The monoisotopic (exact) mass is 381 g/mol. The van der Waals surface area contributed by atoms with Gasteiger partial charge in [0.1, 0.15) is 17.3 Å². The largest absolute Gasteiger partial charge is 0.494 e. The van der Waals surface area contributed by atoms with Gasteiger partial charge in [-0.1, -0.05) is 12.1 Å². The number of amides is 1. The van der Waals surface area contributed by atoms with Crippen LogP contribution >= 0.6 is 0 Å². The number of carbonyl (C=O) groups excluding carboxylic acids is 1. The van der Waals surface area contributed by atoms with Crippen molar-refractivity contribution in [3.05, 3.63) is 54.4 Å². The van der Waals surface area contributed by atoms with Crippen LogP contribution in [-0.4, -0.2) is 35.2 Å². The lowest BCUT2D eigenvalue weighted by atomic mass is 10.3. The minimum atomic E-state index is -0.152. The van der Waals surface area contributed by atoms with Crippen molar-refractivity contribution in [2.24, 2.45) is 0 Å². The molecule has 3 aromatic rings. The summed E-state index contributed by atoms with van der Waals surface area (Å²) in [6.45, 7) is 7.33. The summed E-state index contributed by atoms with van der Waals surface area (Å²) < 4.78 is 13.1. The molecular weight excluding hydrogens is 354 g/mol. The Balaban J connectivity index is 1.50. The summed E-state index contributed by atoms with van der Waals surface area (Å²) in [5.74, 6) is 2.25. The summed E-state index contributed by atoms with van der Waals surface area (Å²) in [4.78, 5) is 16.8. The van der Waals surface area contributed by atoms with Crippen molar-refractivity contribution in [3.63, 3.8) is 0 Å². The van der Waals surface area contributed by atoms with Crippen LogP contribution in [0.5, 0.6) is 11.5 Å². The Hall–Kier alpha value is -3.02. The van der Waals surface area contributed by atoms with Crippen molar-refractivity contribution in [1.82, 2.24) is 14.9 Å². The number of fused-ring (bicyclic) bond motifs is 1. The van der Waals surface area contributed by atoms with Gasteiger partial charge < -0.3 is 19.4 Å². The predicted molar refractivity (Wildman–Crippen MR) is 110 cm³/mol. The lowest BCUT2D eigenvalue weighted by molar-refractivity contribution is -0.123. The van der Waals surface area contributed by atoms with E-state index >= 15 is 0 Å². The zero-order valence-corrected chi connectivity index (χ0v) is 16.6. The number of hydrogen-bond acceptors (Lipinski definition) is 4. The highest BCUT2D eigenvalue weighted by atomic mass is 16.5. The Kier molecular flexibility index (Phi) is 6.53. The number of rotatable bonds is 9. The van der Waals surface area contributed by atoms with E-state index in [9.17, 15) is 4.79 Å². The SMILES string of the molecule is CCOc1ccc(OCC(=O)NCCc2nc3ccccc3n2C(C)C)cc1. The maximum Gasteiger partial charge on any atom is 0.257 e. The molecule has 0 aliphatic heterocycles. The first-order valence-corrected chi connectivity index (χ1v) is 9.66. The molecule has 0 saturated carbocycles. The van der Waals surface area contributed by atoms with Gasteiger partial charge >= 0.3 is 0 Å². The molecule has 0 aliphatic carbocycles. The molecule has 0 unspecified atom stereocenters. The number of para-hydroxylation sites is 2. The minimum absolute atomic E-state index is 0.0193. The molecule has 0 radical (unpaired) electrons. The van der Waals surface area contributed by atoms with Gasteiger partial charge in [0, 0.05) is 19.0 Å². The van der Waals surface area contributed by atoms with E-state index in [-0.39, 0.29) is 12.5 Å². The fourth-order valence-electron chi connectivity index (χ4n) is 3.16. The van der Waals surface area contributed by atoms with Crippen LogP contribution < -0.4 is 14.8 Å². The summed E-state index contributed by atoms with van der Waals surface area (Å²) in [6, 6.07) is 15.7. The van der Waals surface area contributed by atoms with E-state index in [1.807, 2.05) is 37.3 Å². The number of carbonyl (C=O) groups is 1. The molecule has 2 aromatic carbocycles. The van der Waals surface area contributed by atoms with Gasteiger partial charge in [-0.25, -0.2) is 4.98 Å². The Bertz CT molecular complexity index is 916. The van der Waals surface area contributed by atoms with Crippen LogP contribution in [0.4, 0.5) is 0 Å². The topological polar surface area (TPSA) is 65.4 Å². The smallest absolute Gasteiger partial charge is 0.257 e. The Labute approximate surface area is 165 Å². The first-order valence-electron chi connectivity index (χ1n) is 9.66. The molecule has 6 heteroatoms. The number of nitrogens with zero attached hydrogens (tertiary/aromatic N) is 2. The molecule has 148 valence electrons. The molecule has 0 saturated heterocycles. The van der Waals surface area contributed by atoms with Crippen LogP contribution in [0.2, 0.25) is 0 Å². The highest BCUT2D eigenvalue weighted by molar-refractivity contribution is 5.78. The van der Waals surface area contributed by atoms with Gasteiger partial charge in [0.2, 0.25) is 0 Å². The first kappa shape index (κ1) is 19.7. The Morgan fingerprint density at radius 2 is 1.75 bits per heavy atom. The van der Waals surface area contributed by atoms with E-state index in [0.29, 0.717) is 31.4 Å². The molecule has 0 bridgehead atoms. The van der Waals surface area contributed by atoms with Gasteiger partial charge in [-0.15, -0.1) is 0 Å². The molecule has 3 rings (SSSR count). The highest BCUT2D eigenvalue weighted by Gasteiger charge is 2.13. The van der Waals surface area contributed by atoms with Crippen LogP contribution in [-0.2, 0) is 11.2 Å². The van der Waals surface area contributed by atoms with Gasteiger partial charge in [-0.3, -0.25) is 4.79 Å². The molecule has 1 N–H and O–H groups in total. The third-order valence-corrected chi connectivity index (χ3v) is 4.36. The summed E-state index contributed by atoms with van der Waals surface area (Å²) in [5.41, 5.74) is 2.11. The Morgan fingerprint density at radius 1 is 1.07 bits per heavy atom. The molecule has 0 atom stereocenters. The lowest BCUT2D eigenvalue weighted by Crippen LogP contribution is -2.31. The van der Waals surface area contributed by atoms with Gasteiger partial charge in [-0.2, -0.15) is 0 Å². The number of imidazole rings is 1. The molecule has 0 fully saturated rings. The van der Waals surface area contributed by atoms with Crippen molar-refractivity contribution in [2.75, 3.05) is 19.8 Å². The second kappa shape index (κ2) is 9.26. The first-order chi connectivity index (χ1) is 13.6. The van der Waals surface area contributed by atoms with Crippen molar-refractivity contribution in [1.29, 1.82) is 0 Å². The number of hydrogen-bond donors (Lipinski definition) is 1. The van der Waals surface area contributed by atoms with E-state index in [1.54, 1.807) is 12.1 Å². The zero-order valence-electron chi connectivity index (χ0n) is 16.6. The summed E-state index contributed by atoms with van der Waals surface area (Å²) >= 11 is 0. The fourth-order valence-corrected chi connectivity index (χ4v) is 3.16. The minimum Gasteiger partial charge on any atom is -0.494 e. The van der Waals surface area contributed by atoms with Gasteiger partial charge in [-0.05, 0) is 57.2 Å². The second-order valence-corrected chi connectivity index (χ2v) is 6.77. The Morgan fingerprint density at radius 3 is 2.43 bits per heavy atom. The average molecular weight is 381 g/mol. The predicted octanol–water partition coefficient (Wildman–Crippen LogP) is 3.75. The molecule has 0 spiro atoms. The lowest BCUT2D eigenvalue weighted by Gasteiger charge is -2.13. The van der Waals surface area contributed by atoms with Crippen molar-refractivity contribution in [3.8, 4) is 11.5 Å². The van der Waals surface area contributed by atoms with E-state index < -0.39 is 0 Å². The standard InChI is InChI=1S/C22H27N3O3/c1-4-27-17-9-11-18(12-10-17)28-15-22(26)23-14-13-21-24-19-7-5-6-8-20(19)25(21)16(2)3/h5-12,16H,4,13-15H2,1-3H3,(H,23,26). The van der Waals surface area contributed by atoms with E-state index in [4.69, 9.17) is 14.5 Å². The van der Waals surface area contributed by atoms with Gasteiger partial charge in [0.05, 0.1) is 17.6 Å². The number of nitrogens with one attached hydrogen (secondary N) is 1. The van der Waals surface area contributed by atoms with Gasteiger partial charge in [0.15, 0.2) is 6.61 Å². The maximum absolute atomic E-state index is 12.1. The molecule has 1 aromatic heterocycles. The summed E-state index contributed by atoms with van der Waals surface area (Å²) in [7, 11) is 0. The van der Waals surface area contributed by atoms with Crippen molar-refractivity contribution in [2.45, 2.75) is 33.2 Å². The third kappa shape index (κ3) is 4.82. The van der Waals surface area contributed by atoms with Crippen LogP contribution in [0.15, 0.2) is 48.5 Å². The maximum atomic E-state index is 12.1. The van der Waals surface area contributed by atoms with Crippen LogP contribution in [0.1, 0.15) is 32.6 Å². The molecule has 1 heterocycles. The molecule has 0 aliphatic rings. The van der Waals surface area contributed by atoms with Crippen LogP contribution in [0, 0.1) is 0 Å². The number of ether oxygens (including phenoxy) is 2. The van der Waals surface area contributed by atoms with Crippen molar-refractivity contribution < 1.29 is 14.3 Å². The molecule has 28 heavy (non-hydrogen) atoms. The fraction of sp³-hybridized carbons (Fsp3) is 0.364. The van der Waals surface area contributed by atoms with Gasteiger partial charge in [0.25, 0.3) is 5.91 Å². The second-order valence-electron chi connectivity index (χ2n) is 6.77. The normalized spacial score (nSPS) is 11.0.